The minimum Gasteiger partial charge on any atom is -0.295 e. The van der Waals surface area contributed by atoms with Crippen LogP contribution in [0.1, 0.15) is 5.82 Å². The molecule has 0 aromatic carbocycles. The van der Waals surface area contributed by atoms with Gasteiger partial charge in [-0.2, -0.15) is 14.3 Å². The van der Waals surface area contributed by atoms with E-state index in [4.69, 9.17) is 11.1 Å². The fourth-order valence-electron chi connectivity index (χ4n) is 1.79. The molecule has 138 valence electrons. The number of aliphatic imine (C=N–C) groups is 2. The van der Waals surface area contributed by atoms with Crippen LogP contribution < -0.4 is 0 Å². The fourth-order valence-corrected chi connectivity index (χ4v) is 1.79. The predicted molar refractivity (Wildman–Crippen MR) is 92.4 cm³/mol. The molecule has 3 aromatic heterocycles. The summed E-state index contributed by atoms with van der Waals surface area (Å²) in [7, 11) is 1.56. The van der Waals surface area contributed by atoms with Crippen molar-refractivity contribution in [1.29, 1.82) is 0 Å². The van der Waals surface area contributed by atoms with Gasteiger partial charge >= 0.3 is 0 Å². The van der Waals surface area contributed by atoms with Gasteiger partial charge < -0.3 is 0 Å². The van der Waals surface area contributed by atoms with Gasteiger partial charge in [-0.15, -0.1) is 30.6 Å². The Labute approximate surface area is 154 Å². The average Bonchev–Trinajstić information content (AvgIpc) is 3.26. The lowest BCUT2D eigenvalue weighted by Crippen LogP contribution is -2.11. The van der Waals surface area contributed by atoms with E-state index in [1.807, 2.05) is 0 Å². The monoisotopic (exact) mass is 380 g/mol. The lowest BCUT2D eigenvalue weighted by Gasteiger charge is -2.01. The van der Waals surface area contributed by atoms with Crippen LogP contribution in [0, 0.1) is 6.92 Å². The van der Waals surface area contributed by atoms with Crippen LogP contribution in [0.5, 0.6) is 0 Å². The predicted octanol–water partition coefficient (Wildman–Crippen LogP) is 1.02. The summed E-state index contributed by atoms with van der Waals surface area (Å²) in [5.41, 5.74) is 17.1. The van der Waals surface area contributed by atoms with E-state index in [1.165, 1.54) is 12.4 Å². The van der Waals surface area contributed by atoms with Gasteiger partial charge in [0.15, 0.2) is 0 Å². The van der Waals surface area contributed by atoms with Crippen molar-refractivity contribution in [3.05, 3.63) is 26.7 Å². The van der Waals surface area contributed by atoms with E-state index in [1.54, 1.807) is 14.0 Å². The molecule has 0 spiro atoms. The molecule has 3 aromatic rings. The minimum atomic E-state index is -0.201. The second-order valence-corrected chi connectivity index (χ2v) is 4.56. The zero-order chi connectivity index (χ0) is 19.9. The molecule has 0 aliphatic rings. The minimum absolute atomic E-state index is 0.00465. The Morgan fingerprint density at radius 2 is 1.50 bits per heavy atom. The molecule has 3 heterocycles. The molecule has 0 saturated heterocycles. The highest BCUT2D eigenvalue weighted by molar-refractivity contribution is 6.16. The van der Waals surface area contributed by atoms with Crippen molar-refractivity contribution >= 4 is 30.3 Å². The fraction of sp³-hybridized carbons (Fsp3) is 0.200. The van der Waals surface area contributed by atoms with Crippen LogP contribution in [0.15, 0.2) is 20.2 Å². The van der Waals surface area contributed by atoms with Gasteiger partial charge in [0.2, 0.25) is 11.9 Å². The van der Waals surface area contributed by atoms with Gasteiger partial charge in [0.25, 0.3) is 17.8 Å². The molecule has 0 unspecified atom stereocenters. The van der Waals surface area contributed by atoms with Gasteiger partial charge in [-0.1, -0.05) is 0 Å². The molecule has 3 rings (SSSR count). The van der Waals surface area contributed by atoms with Gasteiger partial charge in [-0.25, -0.2) is 9.98 Å². The van der Waals surface area contributed by atoms with Gasteiger partial charge in [0, 0.05) is 29.3 Å². The first kappa shape index (κ1) is 18.0. The largest absolute Gasteiger partial charge is 0.295 e. The van der Waals surface area contributed by atoms with E-state index in [0.29, 0.717) is 5.82 Å². The molecule has 0 aliphatic heterocycles. The standard InChI is InChI=1S/C10H8N18/c1-5-15-8(22-26-12)28(23-5)10-20-18-9(19-21-10)27-7(14-4-3-13-2)16-6(24-27)17-25-11/h3-4H,1-2H3/b13-3?,14-4-. The third kappa shape index (κ3) is 3.72. The maximum atomic E-state index is 8.59. The third-order valence-electron chi connectivity index (χ3n) is 2.79. The molecule has 0 N–H and O–H groups in total. The summed E-state index contributed by atoms with van der Waals surface area (Å²) in [6.07, 6.45) is 2.76. The molecule has 18 heteroatoms. The summed E-state index contributed by atoms with van der Waals surface area (Å²) in [5.74, 6) is -0.145. The summed E-state index contributed by atoms with van der Waals surface area (Å²) in [6.45, 7) is 1.60. The normalized spacial score (nSPS) is 10.9. The Bertz CT molecular complexity index is 1130. The highest BCUT2D eigenvalue weighted by Crippen LogP contribution is 2.17. The van der Waals surface area contributed by atoms with Crippen LogP contribution in [-0.4, -0.2) is 69.4 Å². The summed E-state index contributed by atoms with van der Waals surface area (Å²) >= 11 is 0. The molecule has 0 fully saturated rings. The summed E-state index contributed by atoms with van der Waals surface area (Å²) in [5, 5.41) is 30.1. The molecule has 0 atom stereocenters. The first-order chi connectivity index (χ1) is 13.7. The molecule has 0 bridgehead atoms. The van der Waals surface area contributed by atoms with Crippen LogP contribution in [0.2, 0.25) is 0 Å². The van der Waals surface area contributed by atoms with E-state index in [9.17, 15) is 0 Å². The summed E-state index contributed by atoms with van der Waals surface area (Å²) in [4.78, 5) is 20.9. The van der Waals surface area contributed by atoms with E-state index in [-0.39, 0.29) is 29.7 Å². The van der Waals surface area contributed by atoms with Crippen molar-refractivity contribution in [2.45, 2.75) is 6.92 Å². The summed E-state index contributed by atoms with van der Waals surface area (Å²) in [6, 6.07) is 0. The molecule has 0 amide bonds. The van der Waals surface area contributed by atoms with Crippen molar-refractivity contribution in [3.8, 4) is 11.9 Å². The number of aromatic nitrogens is 10. The molecule has 18 nitrogen and oxygen atoms in total. The quantitative estimate of drug-likeness (QED) is 0.258. The Balaban J connectivity index is 2.02. The van der Waals surface area contributed by atoms with Gasteiger partial charge in [0.1, 0.15) is 5.82 Å². The van der Waals surface area contributed by atoms with E-state index in [2.05, 4.69) is 70.6 Å². The van der Waals surface area contributed by atoms with Crippen LogP contribution in [-0.2, 0) is 0 Å². The van der Waals surface area contributed by atoms with Crippen LogP contribution in [0.4, 0.5) is 17.8 Å². The number of azide groups is 2. The Kier molecular flexibility index (Phi) is 5.16. The maximum Gasteiger partial charge on any atom is 0.292 e. The van der Waals surface area contributed by atoms with Gasteiger partial charge in [-0.3, -0.25) is 4.99 Å². The summed E-state index contributed by atoms with van der Waals surface area (Å²) < 4.78 is 2.14. The average molecular weight is 380 g/mol. The first-order valence-electron chi connectivity index (χ1n) is 7.20. The van der Waals surface area contributed by atoms with Crippen molar-refractivity contribution in [1.82, 2.24) is 49.9 Å². The number of nitrogens with zero attached hydrogens (tertiary/aromatic N) is 18. The zero-order valence-corrected chi connectivity index (χ0v) is 14.2. The topological polar surface area (TPSA) is 235 Å². The Morgan fingerprint density at radius 1 is 0.857 bits per heavy atom. The third-order valence-corrected chi connectivity index (χ3v) is 2.79. The maximum absolute atomic E-state index is 8.59. The van der Waals surface area contributed by atoms with E-state index < -0.39 is 0 Å². The van der Waals surface area contributed by atoms with Crippen LogP contribution >= 0.6 is 0 Å². The highest BCUT2D eigenvalue weighted by atomic mass is 15.5. The van der Waals surface area contributed by atoms with Gasteiger partial charge in [-0.05, 0) is 28.2 Å². The molecular formula is C10H8N18. The molecule has 0 radical (unpaired) electrons. The Hall–Kier alpha value is -4.82. The van der Waals surface area contributed by atoms with Crippen molar-refractivity contribution in [3.63, 3.8) is 0 Å². The number of hydrogen-bond donors (Lipinski definition) is 0. The molecule has 0 aliphatic carbocycles. The number of rotatable bonds is 6. The Morgan fingerprint density at radius 3 is 2.11 bits per heavy atom. The SMILES string of the molecule is CN=C/C=N\c1nc(N=[N+]=[N-])nn1-c1nnc(-n2nc(C)nc2N=[N+]=[N-])nn1. The zero-order valence-electron chi connectivity index (χ0n) is 14.2. The van der Waals surface area contributed by atoms with Crippen molar-refractivity contribution in [2.75, 3.05) is 7.05 Å². The lowest BCUT2D eigenvalue weighted by molar-refractivity contribution is 0.679. The van der Waals surface area contributed by atoms with Crippen molar-refractivity contribution < 1.29 is 0 Å². The van der Waals surface area contributed by atoms with Gasteiger partial charge in [0.05, 0.1) is 0 Å². The second-order valence-electron chi connectivity index (χ2n) is 4.56. The first-order valence-corrected chi connectivity index (χ1v) is 7.20. The number of hydrogen-bond acceptors (Lipinski definition) is 12. The number of aryl methyl sites for hydroxylation is 1. The lowest BCUT2D eigenvalue weighted by atomic mass is 10.8. The van der Waals surface area contributed by atoms with Crippen LogP contribution in [0.3, 0.4) is 0 Å². The van der Waals surface area contributed by atoms with E-state index in [0.717, 1.165) is 9.36 Å². The van der Waals surface area contributed by atoms with E-state index >= 15 is 0 Å². The second kappa shape index (κ2) is 8.04. The van der Waals surface area contributed by atoms with Crippen LogP contribution in [0.25, 0.3) is 32.8 Å². The highest BCUT2D eigenvalue weighted by Gasteiger charge is 2.16. The molecule has 0 saturated carbocycles. The molecule has 28 heavy (non-hydrogen) atoms. The molecular weight excluding hydrogens is 372 g/mol. The van der Waals surface area contributed by atoms with Crippen molar-refractivity contribution in [2.24, 2.45) is 20.2 Å². The smallest absolute Gasteiger partial charge is 0.292 e.